The Hall–Kier alpha value is -1.02. The van der Waals surface area contributed by atoms with Crippen LogP contribution in [0.4, 0.5) is 0 Å². The molecule has 1 aromatic rings. The van der Waals surface area contributed by atoms with Crippen LogP contribution in [-0.2, 0) is 6.42 Å². The summed E-state index contributed by atoms with van der Waals surface area (Å²) in [5.41, 5.74) is 1.37. The minimum atomic E-state index is 0.614. The van der Waals surface area contributed by atoms with Gasteiger partial charge in [0.1, 0.15) is 5.75 Å². The molecule has 0 bridgehead atoms. The van der Waals surface area contributed by atoms with Crippen molar-refractivity contribution in [2.24, 2.45) is 5.92 Å². The SMILES string of the molecule is CCNC(CCC1CC1)Cc1cccc(OC)c1. The quantitative estimate of drug-likeness (QED) is 0.760. The van der Waals surface area contributed by atoms with Crippen molar-refractivity contribution >= 4 is 0 Å². The first-order chi connectivity index (χ1) is 8.81. The lowest BCUT2D eigenvalue weighted by molar-refractivity contribution is 0.413. The molecule has 18 heavy (non-hydrogen) atoms. The summed E-state index contributed by atoms with van der Waals surface area (Å²) in [6.45, 7) is 3.25. The molecule has 1 saturated carbocycles. The molecule has 2 heteroatoms. The number of ether oxygens (including phenoxy) is 1. The molecule has 2 nitrogen and oxygen atoms in total. The molecule has 1 atom stereocenters. The van der Waals surface area contributed by atoms with Crippen LogP contribution in [0, 0.1) is 5.92 Å². The standard InChI is InChI=1S/C16H25NO/c1-3-17-15(10-9-13-7-8-13)11-14-5-4-6-16(12-14)18-2/h4-6,12-13,15,17H,3,7-11H2,1-2H3. The maximum Gasteiger partial charge on any atom is 0.119 e. The summed E-state index contributed by atoms with van der Waals surface area (Å²) in [5, 5.41) is 3.61. The first-order valence-electron chi connectivity index (χ1n) is 7.18. The summed E-state index contributed by atoms with van der Waals surface area (Å²) in [6, 6.07) is 9.06. The van der Waals surface area contributed by atoms with E-state index in [1.165, 1.54) is 31.2 Å². The Labute approximate surface area is 111 Å². The first kappa shape index (κ1) is 13.4. The largest absolute Gasteiger partial charge is 0.497 e. The van der Waals surface area contributed by atoms with Crippen LogP contribution in [0.5, 0.6) is 5.75 Å². The van der Waals surface area contributed by atoms with Crippen LogP contribution in [0.1, 0.15) is 38.2 Å². The van der Waals surface area contributed by atoms with E-state index in [1.807, 2.05) is 6.07 Å². The molecule has 0 amide bonds. The summed E-state index contributed by atoms with van der Waals surface area (Å²) >= 11 is 0. The molecule has 0 aromatic heterocycles. The molecule has 0 saturated heterocycles. The van der Waals surface area contributed by atoms with E-state index in [4.69, 9.17) is 4.74 Å². The van der Waals surface area contributed by atoms with Crippen molar-refractivity contribution in [3.8, 4) is 5.75 Å². The fourth-order valence-electron chi connectivity index (χ4n) is 2.49. The third kappa shape index (κ3) is 4.34. The highest BCUT2D eigenvalue weighted by molar-refractivity contribution is 5.28. The normalized spacial score (nSPS) is 16.6. The number of benzene rings is 1. The van der Waals surface area contributed by atoms with Crippen LogP contribution < -0.4 is 10.1 Å². The zero-order valence-electron chi connectivity index (χ0n) is 11.6. The topological polar surface area (TPSA) is 21.3 Å². The number of hydrogen-bond donors (Lipinski definition) is 1. The maximum absolute atomic E-state index is 5.28. The van der Waals surface area contributed by atoms with Gasteiger partial charge in [0.25, 0.3) is 0 Å². The number of methoxy groups -OCH3 is 1. The van der Waals surface area contributed by atoms with Crippen molar-refractivity contribution in [3.05, 3.63) is 29.8 Å². The maximum atomic E-state index is 5.28. The van der Waals surface area contributed by atoms with Crippen LogP contribution in [-0.4, -0.2) is 19.7 Å². The van der Waals surface area contributed by atoms with Crippen LogP contribution in [0.3, 0.4) is 0 Å². The Balaban J connectivity index is 1.88. The van der Waals surface area contributed by atoms with E-state index >= 15 is 0 Å². The van der Waals surface area contributed by atoms with Crippen LogP contribution in [0.2, 0.25) is 0 Å². The van der Waals surface area contributed by atoms with E-state index in [9.17, 15) is 0 Å². The molecular formula is C16H25NO. The Morgan fingerprint density at radius 1 is 1.39 bits per heavy atom. The van der Waals surface area contributed by atoms with Crippen molar-refractivity contribution in [3.63, 3.8) is 0 Å². The molecular weight excluding hydrogens is 222 g/mol. The fraction of sp³-hybridized carbons (Fsp3) is 0.625. The molecule has 0 spiro atoms. The molecule has 1 N–H and O–H groups in total. The number of hydrogen-bond acceptors (Lipinski definition) is 2. The van der Waals surface area contributed by atoms with Gasteiger partial charge in [-0.3, -0.25) is 0 Å². The van der Waals surface area contributed by atoms with E-state index in [1.54, 1.807) is 7.11 Å². The molecule has 0 aliphatic heterocycles. The van der Waals surface area contributed by atoms with Gasteiger partial charge in [0.2, 0.25) is 0 Å². The van der Waals surface area contributed by atoms with Gasteiger partial charge >= 0.3 is 0 Å². The minimum Gasteiger partial charge on any atom is -0.497 e. The van der Waals surface area contributed by atoms with Gasteiger partial charge in [-0.2, -0.15) is 0 Å². The Morgan fingerprint density at radius 2 is 2.22 bits per heavy atom. The molecule has 0 radical (unpaired) electrons. The number of nitrogens with one attached hydrogen (secondary N) is 1. The van der Waals surface area contributed by atoms with E-state index in [-0.39, 0.29) is 0 Å². The highest BCUT2D eigenvalue weighted by Gasteiger charge is 2.22. The van der Waals surface area contributed by atoms with Gasteiger partial charge in [-0.15, -0.1) is 0 Å². The summed E-state index contributed by atoms with van der Waals surface area (Å²) in [6.07, 6.45) is 6.71. The fourth-order valence-corrected chi connectivity index (χ4v) is 2.49. The minimum absolute atomic E-state index is 0.614. The molecule has 1 aliphatic rings. The second-order valence-corrected chi connectivity index (χ2v) is 5.33. The van der Waals surface area contributed by atoms with Crippen molar-refractivity contribution < 1.29 is 4.74 Å². The average Bonchev–Trinajstić information content (AvgIpc) is 3.20. The summed E-state index contributed by atoms with van der Waals surface area (Å²) in [7, 11) is 1.73. The second kappa shape index (κ2) is 6.79. The van der Waals surface area contributed by atoms with E-state index < -0.39 is 0 Å². The number of likely N-dealkylation sites (N-methyl/N-ethyl adjacent to an activating group) is 1. The smallest absolute Gasteiger partial charge is 0.119 e. The van der Waals surface area contributed by atoms with E-state index in [2.05, 4.69) is 30.4 Å². The lowest BCUT2D eigenvalue weighted by Crippen LogP contribution is -2.31. The Kier molecular flexibility index (Phi) is 5.06. The summed E-state index contributed by atoms with van der Waals surface area (Å²) in [5.74, 6) is 1.99. The molecule has 100 valence electrons. The molecule has 2 rings (SSSR count). The molecule has 1 unspecified atom stereocenters. The predicted molar refractivity (Wildman–Crippen MR) is 76.1 cm³/mol. The Morgan fingerprint density at radius 3 is 2.89 bits per heavy atom. The molecule has 0 heterocycles. The first-order valence-corrected chi connectivity index (χ1v) is 7.18. The summed E-state index contributed by atoms with van der Waals surface area (Å²) < 4.78 is 5.28. The van der Waals surface area contributed by atoms with Gasteiger partial charge in [0.05, 0.1) is 7.11 Å². The molecule has 1 fully saturated rings. The van der Waals surface area contributed by atoms with Crippen molar-refractivity contribution in [2.45, 2.75) is 45.1 Å². The van der Waals surface area contributed by atoms with Gasteiger partial charge < -0.3 is 10.1 Å². The van der Waals surface area contributed by atoms with Gasteiger partial charge in [-0.1, -0.05) is 31.9 Å². The zero-order chi connectivity index (χ0) is 12.8. The third-order valence-electron chi connectivity index (χ3n) is 3.73. The second-order valence-electron chi connectivity index (χ2n) is 5.33. The zero-order valence-corrected chi connectivity index (χ0v) is 11.6. The van der Waals surface area contributed by atoms with Gasteiger partial charge in [-0.25, -0.2) is 0 Å². The van der Waals surface area contributed by atoms with Gasteiger partial charge in [0.15, 0.2) is 0 Å². The van der Waals surface area contributed by atoms with Crippen LogP contribution >= 0.6 is 0 Å². The Bertz CT molecular complexity index is 360. The van der Waals surface area contributed by atoms with Crippen LogP contribution in [0.15, 0.2) is 24.3 Å². The van der Waals surface area contributed by atoms with Crippen LogP contribution in [0.25, 0.3) is 0 Å². The van der Waals surface area contributed by atoms with Crippen molar-refractivity contribution in [1.29, 1.82) is 0 Å². The predicted octanol–water partition coefficient (Wildman–Crippen LogP) is 3.41. The average molecular weight is 247 g/mol. The molecule has 1 aromatic carbocycles. The van der Waals surface area contributed by atoms with E-state index in [0.29, 0.717) is 6.04 Å². The van der Waals surface area contributed by atoms with Gasteiger partial charge in [-0.05, 0) is 49.4 Å². The molecule has 1 aliphatic carbocycles. The highest BCUT2D eigenvalue weighted by Crippen LogP contribution is 2.34. The number of rotatable bonds is 8. The lowest BCUT2D eigenvalue weighted by atomic mass is 10.00. The lowest BCUT2D eigenvalue weighted by Gasteiger charge is -2.18. The van der Waals surface area contributed by atoms with Crippen molar-refractivity contribution in [1.82, 2.24) is 5.32 Å². The van der Waals surface area contributed by atoms with E-state index in [0.717, 1.165) is 24.6 Å². The van der Waals surface area contributed by atoms with Gasteiger partial charge in [0, 0.05) is 6.04 Å². The third-order valence-corrected chi connectivity index (χ3v) is 3.73. The highest BCUT2D eigenvalue weighted by atomic mass is 16.5. The summed E-state index contributed by atoms with van der Waals surface area (Å²) in [4.78, 5) is 0. The monoisotopic (exact) mass is 247 g/mol. The van der Waals surface area contributed by atoms with Crippen molar-refractivity contribution in [2.75, 3.05) is 13.7 Å².